The second-order valence-corrected chi connectivity index (χ2v) is 8.05. The van der Waals surface area contributed by atoms with E-state index in [1.165, 1.54) is 23.3 Å². The lowest BCUT2D eigenvalue weighted by molar-refractivity contribution is 0.367. The fourth-order valence-corrected chi connectivity index (χ4v) is 3.71. The first-order valence-electron chi connectivity index (χ1n) is 10.8. The van der Waals surface area contributed by atoms with Crippen molar-refractivity contribution >= 4 is 0 Å². The van der Waals surface area contributed by atoms with Crippen LogP contribution >= 0.6 is 0 Å². The number of rotatable bonds is 8. The van der Waals surface area contributed by atoms with Gasteiger partial charge in [-0.15, -0.1) is 0 Å². The van der Waals surface area contributed by atoms with Gasteiger partial charge in [0, 0.05) is 0 Å². The lowest BCUT2D eigenvalue weighted by Crippen LogP contribution is -1.94. The highest BCUT2D eigenvalue weighted by molar-refractivity contribution is 5.51. The highest BCUT2D eigenvalue weighted by Crippen LogP contribution is 2.35. The van der Waals surface area contributed by atoms with Gasteiger partial charge in [0.15, 0.2) is 17.2 Å². The predicted molar refractivity (Wildman–Crippen MR) is 127 cm³/mol. The molecule has 0 atom stereocenters. The summed E-state index contributed by atoms with van der Waals surface area (Å²) in [7, 11) is 0. The summed E-state index contributed by atoms with van der Waals surface area (Å²) in [6.07, 6.45) is 3.03. The van der Waals surface area contributed by atoms with E-state index in [2.05, 4.69) is 6.07 Å². The van der Waals surface area contributed by atoms with Gasteiger partial charge >= 0.3 is 0 Å². The fourth-order valence-electron chi connectivity index (χ4n) is 3.71. The van der Waals surface area contributed by atoms with Crippen molar-refractivity contribution in [2.24, 2.45) is 0 Å². The highest BCUT2D eigenvalue weighted by Gasteiger charge is 2.09. The smallest absolute Gasteiger partial charge is 0.200 e. The molecule has 0 radical (unpaired) electrons. The van der Waals surface area contributed by atoms with Gasteiger partial charge in [0.1, 0.15) is 17.2 Å². The van der Waals surface area contributed by atoms with Gasteiger partial charge in [-0.2, -0.15) is 0 Å². The molecule has 0 aliphatic rings. The number of hydrogen-bond donors (Lipinski definition) is 4. The molecule has 0 saturated heterocycles. The van der Waals surface area contributed by atoms with Gasteiger partial charge in [0.25, 0.3) is 0 Å². The average molecular weight is 443 g/mol. The number of aromatic hydroxyl groups is 4. The van der Waals surface area contributed by atoms with E-state index in [9.17, 15) is 20.4 Å². The summed E-state index contributed by atoms with van der Waals surface area (Å²) in [5.41, 5.74) is 4.13. The summed E-state index contributed by atoms with van der Waals surface area (Å²) in [5.74, 6) is 0.623. The Hall–Kier alpha value is -4.12. The fraction of sp³-hybridized carbons (Fsp3) is 0.143. The summed E-state index contributed by atoms with van der Waals surface area (Å²) in [5, 5.41) is 38.3. The molecule has 0 heterocycles. The third kappa shape index (κ3) is 5.98. The molecule has 168 valence electrons. The molecule has 0 saturated carbocycles. The molecule has 0 aromatic heterocycles. The van der Waals surface area contributed by atoms with Gasteiger partial charge in [0.2, 0.25) is 0 Å². The van der Waals surface area contributed by atoms with Gasteiger partial charge < -0.3 is 25.2 Å². The molecule has 0 aliphatic carbocycles. The molecule has 33 heavy (non-hydrogen) atoms. The van der Waals surface area contributed by atoms with Crippen molar-refractivity contribution in [2.45, 2.75) is 25.7 Å². The van der Waals surface area contributed by atoms with E-state index in [0.717, 1.165) is 35.5 Å². The van der Waals surface area contributed by atoms with E-state index in [0.29, 0.717) is 12.8 Å². The largest absolute Gasteiger partial charge is 0.508 e. The zero-order valence-electron chi connectivity index (χ0n) is 18.1. The van der Waals surface area contributed by atoms with E-state index in [1.807, 2.05) is 54.6 Å². The average Bonchev–Trinajstić information content (AvgIpc) is 2.81. The SMILES string of the molecule is Oc1ccc(CCc2cccc(Oc3cccc(CCc4cc(O)c(O)c(O)c4)c3)c2)cc1. The minimum atomic E-state index is -0.501. The molecule has 0 amide bonds. The molecule has 4 aromatic carbocycles. The van der Waals surface area contributed by atoms with Crippen LogP contribution in [0.4, 0.5) is 0 Å². The lowest BCUT2D eigenvalue weighted by Gasteiger charge is -2.10. The summed E-state index contributed by atoms with van der Waals surface area (Å²) in [4.78, 5) is 0. The van der Waals surface area contributed by atoms with Crippen molar-refractivity contribution in [2.75, 3.05) is 0 Å². The van der Waals surface area contributed by atoms with Crippen LogP contribution in [0.15, 0.2) is 84.9 Å². The van der Waals surface area contributed by atoms with Crippen LogP contribution in [-0.2, 0) is 25.7 Å². The van der Waals surface area contributed by atoms with Crippen LogP contribution in [0.5, 0.6) is 34.5 Å². The zero-order chi connectivity index (χ0) is 23.2. The molecule has 5 nitrogen and oxygen atoms in total. The maximum atomic E-state index is 9.68. The number of phenolic OH excluding ortho intramolecular Hbond substituents is 4. The first kappa shape index (κ1) is 22.1. The van der Waals surface area contributed by atoms with Crippen LogP contribution in [0.25, 0.3) is 0 Å². The van der Waals surface area contributed by atoms with Crippen molar-refractivity contribution in [1.82, 2.24) is 0 Å². The zero-order valence-corrected chi connectivity index (χ0v) is 18.1. The van der Waals surface area contributed by atoms with Crippen molar-refractivity contribution in [1.29, 1.82) is 0 Å². The second-order valence-electron chi connectivity index (χ2n) is 8.05. The Morgan fingerprint density at radius 1 is 0.485 bits per heavy atom. The Morgan fingerprint density at radius 3 is 1.52 bits per heavy atom. The van der Waals surface area contributed by atoms with Crippen molar-refractivity contribution in [3.8, 4) is 34.5 Å². The molecule has 0 bridgehead atoms. The van der Waals surface area contributed by atoms with Crippen LogP contribution < -0.4 is 4.74 Å². The number of ether oxygens (including phenoxy) is 1. The van der Waals surface area contributed by atoms with E-state index >= 15 is 0 Å². The van der Waals surface area contributed by atoms with E-state index in [4.69, 9.17) is 4.74 Å². The molecule has 0 aliphatic heterocycles. The van der Waals surface area contributed by atoms with Crippen LogP contribution in [-0.4, -0.2) is 20.4 Å². The predicted octanol–water partition coefficient (Wildman–Crippen LogP) is 5.87. The van der Waals surface area contributed by atoms with E-state index in [-0.39, 0.29) is 17.2 Å². The maximum absolute atomic E-state index is 9.68. The molecular formula is C28H26O5. The highest BCUT2D eigenvalue weighted by atomic mass is 16.5. The third-order valence-electron chi connectivity index (χ3n) is 5.50. The molecule has 0 unspecified atom stereocenters. The Morgan fingerprint density at radius 2 is 0.970 bits per heavy atom. The lowest BCUT2D eigenvalue weighted by atomic mass is 10.0. The van der Waals surface area contributed by atoms with Gasteiger partial charge in [-0.05, 0) is 96.5 Å². The van der Waals surface area contributed by atoms with Crippen molar-refractivity contribution in [3.05, 3.63) is 107 Å². The van der Waals surface area contributed by atoms with E-state index in [1.54, 1.807) is 12.1 Å². The third-order valence-corrected chi connectivity index (χ3v) is 5.50. The van der Waals surface area contributed by atoms with Crippen LogP contribution in [0.3, 0.4) is 0 Å². The molecule has 0 fully saturated rings. The molecular weight excluding hydrogens is 416 g/mol. The van der Waals surface area contributed by atoms with Crippen LogP contribution in [0, 0.1) is 0 Å². The first-order chi connectivity index (χ1) is 16.0. The molecule has 4 aromatic rings. The van der Waals surface area contributed by atoms with Crippen molar-refractivity contribution < 1.29 is 25.2 Å². The Kier molecular flexibility index (Phi) is 6.69. The minimum Gasteiger partial charge on any atom is -0.508 e. The van der Waals surface area contributed by atoms with E-state index < -0.39 is 5.75 Å². The number of aryl methyl sites for hydroxylation is 4. The summed E-state index contributed by atoms with van der Waals surface area (Å²) in [6.45, 7) is 0. The Balaban J connectivity index is 1.38. The summed E-state index contributed by atoms with van der Waals surface area (Å²) < 4.78 is 6.09. The standard InChI is InChI=1S/C28H26O5/c29-23-13-11-19(12-14-23)7-8-20-3-1-5-24(15-20)33-25-6-2-4-21(16-25)9-10-22-17-26(30)28(32)27(31)18-22/h1-6,11-18,29-32H,7-10H2. The molecule has 4 N–H and O–H groups in total. The Labute approximate surface area is 192 Å². The maximum Gasteiger partial charge on any atom is 0.200 e. The minimum absolute atomic E-state index is 0.274. The van der Waals surface area contributed by atoms with Gasteiger partial charge in [-0.25, -0.2) is 0 Å². The monoisotopic (exact) mass is 442 g/mol. The van der Waals surface area contributed by atoms with Crippen molar-refractivity contribution in [3.63, 3.8) is 0 Å². The summed E-state index contributed by atoms with van der Waals surface area (Å²) in [6, 6.07) is 26.0. The van der Waals surface area contributed by atoms with Crippen LogP contribution in [0.1, 0.15) is 22.3 Å². The normalized spacial score (nSPS) is 10.8. The number of hydrogen-bond acceptors (Lipinski definition) is 5. The van der Waals surface area contributed by atoms with Gasteiger partial charge in [-0.3, -0.25) is 0 Å². The molecule has 4 rings (SSSR count). The number of phenols is 4. The number of benzene rings is 4. The van der Waals surface area contributed by atoms with Gasteiger partial charge in [0.05, 0.1) is 0 Å². The summed E-state index contributed by atoms with van der Waals surface area (Å²) >= 11 is 0. The molecule has 0 spiro atoms. The molecule has 5 heteroatoms. The van der Waals surface area contributed by atoms with Crippen LogP contribution in [0.2, 0.25) is 0 Å². The second kappa shape index (κ2) is 10.0. The van der Waals surface area contributed by atoms with Gasteiger partial charge in [-0.1, -0.05) is 36.4 Å². The quantitative estimate of drug-likeness (QED) is 0.256. The first-order valence-corrected chi connectivity index (χ1v) is 10.8. The topological polar surface area (TPSA) is 90.2 Å². The Bertz CT molecular complexity index is 1210.